The number of hydrogen-bond acceptors (Lipinski definition) is 4. The Morgan fingerprint density at radius 3 is 1.73 bits per heavy atom. The van der Waals surface area contributed by atoms with Crippen LogP contribution in [0.1, 0.15) is 83.6 Å². The first kappa shape index (κ1) is 19.9. The van der Waals surface area contributed by atoms with Gasteiger partial charge in [0.05, 0.1) is 11.2 Å². The van der Waals surface area contributed by atoms with Gasteiger partial charge in [0.25, 0.3) is 0 Å². The second-order valence-electron chi connectivity index (χ2n) is 8.51. The third kappa shape index (κ3) is 5.12. The topological polar surface area (TPSA) is 44.8 Å². The summed E-state index contributed by atoms with van der Waals surface area (Å²) in [5, 5.41) is 0. The number of para-hydroxylation sites is 1. The number of hydrogen-bond donors (Lipinski definition) is 0. The molecule has 2 aliphatic carbocycles. The Balaban J connectivity index is 1.84. The van der Waals surface area contributed by atoms with Crippen molar-refractivity contribution in [3.8, 4) is 5.75 Å². The first-order valence-corrected chi connectivity index (χ1v) is 11.5. The normalized spacial score (nSPS) is 22.7. The van der Waals surface area contributed by atoms with Gasteiger partial charge in [-0.2, -0.15) is 0 Å². The summed E-state index contributed by atoms with van der Waals surface area (Å²) in [5.74, 6) is 0.578. The Morgan fingerprint density at radius 1 is 0.808 bits per heavy atom. The first-order chi connectivity index (χ1) is 12.3. The highest BCUT2D eigenvalue weighted by Crippen LogP contribution is 2.59. The van der Waals surface area contributed by atoms with Crippen LogP contribution < -0.4 is 4.52 Å². The summed E-state index contributed by atoms with van der Waals surface area (Å²) < 4.78 is 32.2. The van der Waals surface area contributed by atoms with Crippen LogP contribution in [-0.4, -0.2) is 11.2 Å². The molecule has 0 atom stereocenters. The van der Waals surface area contributed by atoms with Gasteiger partial charge in [-0.25, -0.2) is 4.57 Å². The number of aryl methyl sites for hydroxylation is 1. The molecular formula is C21H33O4P. The zero-order valence-corrected chi connectivity index (χ0v) is 17.4. The zero-order valence-electron chi connectivity index (χ0n) is 16.5. The lowest BCUT2D eigenvalue weighted by molar-refractivity contribution is -0.0344. The molecular weight excluding hydrogens is 347 g/mol. The van der Waals surface area contributed by atoms with Gasteiger partial charge in [0.15, 0.2) is 0 Å². The number of rotatable bonds is 6. The molecule has 146 valence electrons. The van der Waals surface area contributed by atoms with E-state index < -0.39 is 19.0 Å². The average Bonchev–Trinajstić information content (AvgIpc) is 2.57. The fraction of sp³-hybridized carbons (Fsp3) is 0.714. The molecule has 0 bridgehead atoms. The molecule has 4 nitrogen and oxygen atoms in total. The Bertz CT molecular complexity index is 615. The van der Waals surface area contributed by atoms with Gasteiger partial charge >= 0.3 is 7.82 Å². The Morgan fingerprint density at radius 2 is 1.27 bits per heavy atom. The fourth-order valence-electron chi connectivity index (χ4n) is 4.16. The molecule has 3 rings (SSSR count). The number of benzene rings is 1. The van der Waals surface area contributed by atoms with Crippen LogP contribution in [0.4, 0.5) is 0 Å². The SMILES string of the molecule is Cc1ccccc1OP(=O)(OC1(C)CCCCC1)OC1(C)CCCCC1. The molecule has 0 heterocycles. The molecule has 2 saturated carbocycles. The van der Waals surface area contributed by atoms with Crippen molar-refractivity contribution in [3.63, 3.8) is 0 Å². The van der Waals surface area contributed by atoms with Crippen molar-refractivity contribution in [2.45, 2.75) is 96.2 Å². The quantitative estimate of drug-likeness (QED) is 0.500. The van der Waals surface area contributed by atoms with Crippen molar-refractivity contribution in [3.05, 3.63) is 29.8 Å². The summed E-state index contributed by atoms with van der Waals surface area (Å²) in [5.41, 5.74) is 0.0470. The largest absolute Gasteiger partial charge is 0.531 e. The monoisotopic (exact) mass is 380 g/mol. The van der Waals surface area contributed by atoms with Gasteiger partial charge in [-0.05, 0) is 58.1 Å². The zero-order chi connectivity index (χ0) is 18.7. The summed E-state index contributed by atoms with van der Waals surface area (Å²) in [4.78, 5) is 0. The highest BCUT2D eigenvalue weighted by molar-refractivity contribution is 7.49. The Hall–Kier alpha value is -0.830. The molecule has 1 aromatic rings. The van der Waals surface area contributed by atoms with Gasteiger partial charge in [0, 0.05) is 0 Å². The maximum absolute atomic E-state index is 13.8. The smallest absolute Gasteiger partial charge is 0.404 e. The molecule has 0 spiro atoms. The van der Waals surface area contributed by atoms with Crippen LogP contribution in [0.5, 0.6) is 5.75 Å². The summed E-state index contributed by atoms with van der Waals surface area (Å²) in [6.45, 7) is 6.05. The lowest BCUT2D eigenvalue weighted by Gasteiger charge is -2.40. The van der Waals surface area contributed by atoms with Crippen LogP contribution in [0.2, 0.25) is 0 Å². The van der Waals surface area contributed by atoms with Gasteiger partial charge in [-0.3, -0.25) is 9.05 Å². The average molecular weight is 380 g/mol. The summed E-state index contributed by atoms with van der Waals surface area (Å²) >= 11 is 0. The van der Waals surface area contributed by atoms with Gasteiger partial charge in [-0.1, -0.05) is 56.7 Å². The van der Waals surface area contributed by atoms with Crippen molar-refractivity contribution in [1.29, 1.82) is 0 Å². The van der Waals surface area contributed by atoms with E-state index >= 15 is 0 Å². The molecule has 0 aromatic heterocycles. The summed E-state index contributed by atoms with van der Waals surface area (Å²) in [6, 6.07) is 7.61. The van der Waals surface area contributed by atoms with Crippen LogP contribution in [0.15, 0.2) is 24.3 Å². The van der Waals surface area contributed by atoms with E-state index in [-0.39, 0.29) is 0 Å². The standard InChI is InChI=1S/C21H33O4P/c1-18-12-6-7-13-19(18)23-26(22,24-20(2)14-8-4-9-15-20)25-21(3)16-10-5-11-17-21/h6-7,12-13H,4-5,8-11,14-17H2,1-3H3. The van der Waals surface area contributed by atoms with E-state index in [4.69, 9.17) is 13.6 Å². The van der Waals surface area contributed by atoms with Crippen LogP contribution in [-0.2, 0) is 13.6 Å². The second-order valence-corrected chi connectivity index (χ2v) is 9.95. The van der Waals surface area contributed by atoms with E-state index in [1.807, 2.05) is 45.0 Å². The highest BCUT2D eigenvalue weighted by Gasteiger charge is 2.45. The van der Waals surface area contributed by atoms with E-state index in [2.05, 4.69) is 0 Å². The van der Waals surface area contributed by atoms with Crippen LogP contribution in [0.3, 0.4) is 0 Å². The van der Waals surface area contributed by atoms with Gasteiger partial charge in [-0.15, -0.1) is 0 Å². The Kier molecular flexibility index (Phi) is 6.16. The first-order valence-electron chi connectivity index (χ1n) is 10.1. The van der Waals surface area contributed by atoms with E-state index in [9.17, 15) is 4.57 Å². The Labute approximate surface area is 158 Å². The van der Waals surface area contributed by atoms with Gasteiger partial charge in [0.2, 0.25) is 0 Å². The third-order valence-corrected chi connectivity index (χ3v) is 7.54. The van der Waals surface area contributed by atoms with Crippen LogP contribution >= 0.6 is 7.82 Å². The predicted molar refractivity (Wildman–Crippen MR) is 105 cm³/mol. The molecule has 5 heteroatoms. The molecule has 0 aliphatic heterocycles. The number of phosphoric acid groups is 1. The van der Waals surface area contributed by atoms with Gasteiger partial charge < -0.3 is 4.52 Å². The predicted octanol–water partition coefficient (Wildman–Crippen LogP) is 6.96. The van der Waals surface area contributed by atoms with E-state index in [0.717, 1.165) is 56.9 Å². The maximum Gasteiger partial charge on any atom is 0.531 e. The van der Waals surface area contributed by atoms with E-state index in [1.165, 1.54) is 12.8 Å². The van der Waals surface area contributed by atoms with Crippen molar-refractivity contribution < 1.29 is 18.1 Å². The highest BCUT2D eigenvalue weighted by atomic mass is 31.2. The fourth-order valence-corrected chi connectivity index (χ4v) is 6.16. The summed E-state index contributed by atoms with van der Waals surface area (Å²) in [7, 11) is -3.74. The molecule has 0 radical (unpaired) electrons. The van der Waals surface area contributed by atoms with E-state index in [1.54, 1.807) is 0 Å². The summed E-state index contributed by atoms with van der Waals surface area (Å²) in [6.07, 6.45) is 10.4. The van der Waals surface area contributed by atoms with Crippen molar-refractivity contribution in [2.24, 2.45) is 0 Å². The molecule has 0 amide bonds. The minimum absolute atomic E-state index is 0.443. The molecule has 0 saturated heterocycles. The van der Waals surface area contributed by atoms with Crippen molar-refractivity contribution in [2.75, 3.05) is 0 Å². The van der Waals surface area contributed by atoms with Crippen molar-refractivity contribution in [1.82, 2.24) is 0 Å². The lowest BCUT2D eigenvalue weighted by Crippen LogP contribution is -2.35. The molecule has 26 heavy (non-hydrogen) atoms. The molecule has 0 unspecified atom stereocenters. The molecule has 2 fully saturated rings. The molecule has 1 aromatic carbocycles. The minimum Gasteiger partial charge on any atom is -0.404 e. The third-order valence-electron chi connectivity index (χ3n) is 5.79. The van der Waals surface area contributed by atoms with Crippen molar-refractivity contribution >= 4 is 7.82 Å². The molecule has 0 N–H and O–H groups in total. The second kappa shape index (κ2) is 8.04. The maximum atomic E-state index is 13.8. The van der Waals surface area contributed by atoms with Gasteiger partial charge in [0.1, 0.15) is 5.75 Å². The number of phosphoric ester groups is 1. The van der Waals surface area contributed by atoms with Crippen LogP contribution in [0, 0.1) is 6.92 Å². The van der Waals surface area contributed by atoms with E-state index in [0.29, 0.717) is 5.75 Å². The lowest BCUT2D eigenvalue weighted by atomic mass is 9.87. The van der Waals surface area contributed by atoms with Crippen LogP contribution in [0.25, 0.3) is 0 Å². The minimum atomic E-state index is -3.74. The molecule has 2 aliphatic rings.